The average molecular weight is 201 g/mol. The van der Waals surface area contributed by atoms with Gasteiger partial charge in [-0.2, -0.15) is 0 Å². The van der Waals surface area contributed by atoms with Gasteiger partial charge in [-0.15, -0.1) is 0 Å². The summed E-state index contributed by atoms with van der Waals surface area (Å²) in [5, 5.41) is 0. The third-order valence-electron chi connectivity index (χ3n) is 1.84. The second-order valence-corrected chi connectivity index (χ2v) is 3.35. The van der Waals surface area contributed by atoms with Crippen LogP contribution in [0.4, 0.5) is 0 Å². The van der Waals surface area contributed by atoms with E-state index in [1.165, 1.54) is 0 Å². The van der Waals surface area contributed by atoms with Crippen LogP contribution in [0.5, 0.6) is 0 Å². The van der Waals surface area contributed by atoms with Crippen LogP contribution in [0.3, 0.4) is 0 Å². The molecule has 0 aliphatic rings. The molecule has 0 aromatic carbocycles. The first kappa shape index (κ1) is 12.9. The Balaban J connectivity index is 3.84. The summed E-state index contributed by atoms with van der Waals surface area (Å²) >= 11 is 0. The topological polar surface area (TPSA) is 89.4 Å². The van der Waals surface area contributed by atoms with Gasteiger partial charge in [-0.25, -0.2) is 0 Å². The summed E-state index contributed by atoms with van der Waals surface area (Å²) < 4.78 is 0. The molecule has 0 unspecified atom stereocenters. The van der Waals surface area contributed by atoms with Gasteiger partial charge >= 0.3 is 0 Å². The van der Waals surface area contributed by atoms with Crippen molar-refractivity contribution in [1.29, 1.82) is 0 Å². The van der Waals surface area contributed by atoms with Gasteiger partial charge in [0, 0.05) is 0 Å². The molecular formula is C9H19N3O2. The van der Waals surface area contributed by atoms with Crippen molar-refractivity contribution in [2.24, 2.45) is 11.5 Å². The van der Waals surface area contributed by atoms with Gasteiger partial charge < -0.3 is 11.5 Å². The maximum Gasteiger partial charge on any atom is 0.231 e. The molecular weight excluding hydrogens is 182 g/mol. The van der Waals surface area contributed by atoms with E-state index in [2.05, 4.69) is 6.92 Å². The maximum absolute atomic E-state index is 10.7. The smallest absolute Gasteiger partial charge is 0.231 e. The molecule has 0 heterocycles. The Kier molecular flexibility index (Phi) is 6.74. The normalized spacial score (nSPS) is 10.4. The molecule has 0 rings (SSSR count). The van der Waals surface area contributed by atoms with Crippen molar-refractivity contribution < 1.29 is 9.59 Å². The first-order valence-electron chi connectivity index (χ1n) is 4.85. The van der Waals surface area contributed by atoms with Crippen molar-refractivity contribution in [2.45, 2.75) is 26.2 Å². The highest BCUT2D eigenvalue weighted by Gasteiger charge is 2.09. The van der Waals surface area contributed by atoms with Crippen molar-refractivity contribution in [1.82, 2.24) is 4.90 Å². The van der Waals surface area contributed by atoms with E-state index in [1.54, 1.807) is 4.90 Å². The molecule has 0 fully saturated rings. The Morgan fingerprint density at radius 3 is 1.93 bits per heavy atom. The number of hydrogen-bond donors (Lipinski definition) is 2. The van der Waals surface area contributed by atoms with Crippen LogP contribution in [-0.4, -0.2) is 36.3 Å². The lowest BCUT2D eigenvalue weighted by Crippen LogP contribution is -2.40. The Hall–Kier alpha value is -1.10. The zero-order chi connectivity index (χ0) is 11.0. The van der Waals surface area contributed by atoms with Crippen molar-refractivity contribution in [2.75, 3.05) is 19.6 Å². The number of carbonyl (C=O) groups excluding carboxylic acids is 2. The number of amides is 2. The average Bonchev–Trinajstić information content (AvgIpc) is 2.02. The lowest BCUT2D eigenvalue weighted by atomic mass is 10.2. The highest BCUT2D eigenvalue weighted by atomic mass is 16.2. The molecule has 0 aromatic heterocycles. The SMILES string of the molecule is CCCCCN(CC(N)=O)CC(N)=O. The number of nitrogens with zero attached hydrogens (tertiary/aromatic N) is 1. The molecule has 0 aliphatic heterocycles. The van der Waals surface area contributed by atoms with Crippen LogP contribution in [0.1, 0.15) is 26.2 Å². The quantitative estimate of drug-likeness (QED) is 0.516. The Morgan fingerprint density at radius 2 is 1.57 bits per heavy atom. The van der Waals surface area contributed by atoms with E-state index in [-0.39, 0.29) is 13.1 Å². The van der Waals surface area contributed by atoms with Crippen molar-refractivity contribution in [3.05, 3.63) is 0 Å². The van der Waals surface area contributed by atoms with Gasteiger partial charge in [-0.05, 0) is 13.0 Å². The predicted octanol–water partition coefficient (Wildman–Crippen LogP) is -0.551. The molecule has 0 saturated carbocycles. The molecule has 14 heavy (non-hydrogen) atoms. The van der Waals surface area contributed by atoms with Gasteiger partial charge in [0.05, 0.1) is 13.1 Å². The van der Waals surface area contributed by atoms with E-state index >= 15 is 0 Å². The van der Waals surface area contributed by atoms with Crippen LogP contribution in [0.2, 0.25) is 0 Å². The number of rotatable bonds is 8. The highest BCUT2D eigenvalue weighted by Crippen LogP contribution is 1.97. The standard InChI is InChI=1S/C9H19N3O2/c1-2-3-4-5-12(6-8(10)13)7-9(11)14/h2-7H2,1H3,(H2,10,13)(H2,11,14). The lowest BCUT2D eigenvalue weighted by molar-refractivity contribution is -0.121. The largest absolute Gasteiger partial charge is 0.369 e. The second-order valence-electron chi connectivity index (χ2n) is 3.35. The predicted molar refractivity (Wildman–Crippen MR) is 54.4 cm³/mol. The lowest BCUT2D eigenvalue weighted by Gasteiger charge is -2.18. The van der Waals surface area contributed by atoms with Crippen LogP contribution in [-0.2, 0) is 9.59 Å². The maximum atomic E-state index is 10.7. The molecule has 0 bridgehead atoms. The van der Waals surface area contributed by atoms with Gasteiger partial charge in [0.2, 0.25) is 11.8 Å². The molecule has 4 N–H and O–H groups in total. The van der Waals surface area contributed by atoms with Crippen LogP contribution in [0, 0.1) is 0 Å². The molecule has 0 atom stereocenters. The summed E-state index contributed by atoms with van der Waals surface area (Å²) in [5.41, 5.74) is 10.1. The molecule has 2 amide bonds. The first-order valence-corrected chi connectivity index (χ1v) is 4.85. The van der Waals surface area contributed by atoms with Crippen molar-refractivity contribution in [3.63, 3.8) is 0 Å². The molecule has 0 aliphatic carbocycles. The van der Waals surface area contributed by atoms with Crippen molar-refractivity contribution >= 4 is 11.8 Å². The molecule has 0 radical (unpaired) electrons. The Morgan fingerprint density at radius 1 is 1.07 bits per heavy atom. The fourth-order valence-electron chi connectivity index (χ4n) is 1.24. The summed E-state index contributed by atoms with van der Waals surface area (Å²) in [7, 11) is 0. The number of hydrogen-bond acceptors (Lipinski definition) is 3. The number of nitrogens with two attached hydrogens (primary N) is 2. The first-order chi connectivity index (χ1) is 6.56. The molecule has 0 saturated heterocycles. The van der Waals surface area contributed by atoms with Crippen LogP contribution >= 0.6 is 0 Å². The summed E-state index contributed by atoms with van der Waals surface area (Å²) in [5.74, 6) is -0.856. The molecule has 0 aromatic rings. The third kappa shape index (κ3) is 7.54. The monoisotopic (exact) mass is 201 g/mol. The number of primary amides is 2. The van der Waals surface area contributed by atoms with Crippen LogP contribution in [0.15, 0.2) is 0 Å². The van der Waals surface area contributed by atoms with E-state index in [9.17, 15) is 9.59 Å². The van der Waals surface area contributed by atoms with E-state index < -0.39 is 11.8 Å². The zero-order valence-corrected chi connectivity index (χ0v) is 8.66. The third-order valence-corrected chi connectivity index (χ3v) is 1.84. The van der Waals surface area contributed by atoms with Gasteiger partial charge in [0.15, 0.2) is 0 Å². The van der Waals surface area contributed by atoms with E-state index in [1.807, 2.05) is 0 Å². The van der Waals surface area contributed by atoms with Crippen LogP contribution in [0.25, 0.3) is 0 Å². The van der Waals surface area contributed by atoms with Crippen molar-refractivity contribution in [3.8, 4) is 0 Å². The van der Waals surface area contributed by atoms with E-state index in [4.69, 9.17) is 11.5 Å². The molecule has 0 spiro atoms. The minimum absolute atomic E-state index is 0.104. The summed E-state index contributed by atoms with van der Waals surface area (Å²) in [6.07, 6.45) is 3.13. The highest BCUT2D eigenvalue weighted by molar-refractivity contribution is 5.79. The van der Waals surface area contributed by atoms with Gasteiger partial charge in [0.1, 0.15) is 0 Å². The number of unbranched alkanes of at least 4 members (excludes halogenated alkanes) is 2. The number of carbonyl (C=O) groups is 2. The summed E-state index contributed by atoms with van der Waals surface area (Å²) in [6.45, 7) is 2.99. The Bertz CT molecular complexity index is 178. The second kappa shape index (κ2) is 7.32. The molecule has 82 valence electrons. The molecule has 5 nitrogen and oxygen atoms in total. The summed E-state index contributed by atoms with van der Waals surface area (Å²) in [6, 6.07) is 0. The van der Waals surface area contributed by atoms with Gasteiger partial charge in [-0.3, -0.25) is 14.5 Å². The Labute approximate surface area is 84.4 Å². The minimum atomic E-state index is -0.428. The van der Waals surface area contributed by atoms with Gasteiger partial charge in [0.25, 0.3) is 0 Å². The molecule has 5 heteroatoms. The minimum Gasteiger partial charge on any atom is -0.369 e. The zero-order valence-electron chi connectivity index (χ0n) is 8.66. The van der Waals surface area contributed by atoms with E-state index in [0.717, 1.165) is 19.3 Å². The van der Waals surface area contributed by atoms with Gasteiger partial charge in [-0.1, -0.05) is 19.8 Å². The van der Waals surface area contributed by atoms with Crippen LogP contribution < -0.4 is 11.5 Å². The fourth-order valence-corrected chi connectivity index (χ4v) is 1.24. The fraction of sp³-hybridized carbons (Fsp3) is 0.778. The summed E-state index contributed by atoms with van der Waals surface area (Å²) in [4.78, 5) is 23.0. The van der Waals surface area contributed by atoms with E-state index in [0.29, 0.717) is 6.54 Å².